The smallest absolute Gasteiger partial charge is 0.279 e. The van der Waals surface area contributed by atoms with Crippen LogP contribution in [0, 0.1) is 0 Å². The summed E-state index contributed by atoms with van der Waals surface area (Å²) in [5.74, 6) is 0.515. The number of carbonyl (C=O) groups excluding carboxylic acids is 2. The van der Waals surface area contributed by atoms with Gasteiger partial charge in [-0.2, -0.15) is 0 Å². The summed E-state index contributed by atoms with van der Waals surface area (Å²) in [6.07, 6.45) is 0. The van der Waals surface area contributed by atoms with Gasteiger partial charge in [-0.25, -0.2) is 0 Å². The van der Waals surface area contributed by atoms with Crippen molar-refractivity contribution in [2.75, 3.05) is 5.75 Å². The molecule has 0 spiro atoms. The summed E-state index contributed by atoms with van der Waals surface area (Å²) in [6, 6.07) is -0.370. The third kappa shape index (κ3) is 1.62. The Bertz CT molecular complexity index is 159. The molecule has 1 aliphatic heterocycles. The van der Waals surface area contributed by atoms with Crippen molar-refractivity contribution in [1.29, 1.82) is 0 Å². The largest absolute Gasteiger partial charge is 0.335 e. The van der Waals surface area contributed by atoms with Gasteiger partial charge in [-0.3, -0.25) is 9.59 Å². The molecular formula is C4H5NO2S2. The van der Waals surface area contributed by atoms with E-state index in [2.05, 4.69) is 17.9 Å². The van der Waals surface area contributed by atoms with Crippen LogP contribution >= 0.6 is 24.4 Å². The van der Waals surface area contributed by atoms with Gasteiger partial charge >= 0.3 is 0 Å². The Hall–Kier alpha value is -0.160. The van der Waals surface area contributed by atoms with Gasteiger partial charge in [-0.1, -0.05) is 11.8 Å². The molecule has 0 aromatic rings. The Morgan fingerprint density at radius 2 is 2.56 bits per heavy atom. The van der Waals surface area contributed by atoms with Crippen LogP contribution in [0.25, 0.3) is 0 Å². The van der Waals surface area contributed by atoms with E-state index in [-0.39, 0.29) is 16.4 Å². The molecule has 1 atom stereocenters. The molecule has 50 valence electrons. The second kappa shape index (κ2) is 2.62. The summed E-state index contributed by atoms with van der Waals surface area (Å²) in [4.78, 5) is 20.9. The highest BCUT2D eigenvalue weighted by Gasteiger charge is 2.25. The highest BCUT2D eigenvalue weighted by atomic mass is 32.2. The van der Waals surface area contributed by atoms with Crippen LogP contribution in [-0.2, 0) is 4.79 Å². The van der Waals surface area contributed by atoms with E-state index in [4.69, 9.17) is 0 Å². The molecule has 1 aliphatic rings. The number of hydrogen-bond acceptors (Lipinski definition) is 3. The van der Waals surface area contributed by atoms with Gasteiger partial charge in [0.25, 0.3) is 5.24 Å². The minimum atomic E-state index is -0.370. The standard InChI is InChI=1S/C4H5NO2S2/c6-3(8)2-1-9-4(7)5-2/h2H,1H2,(H,5,7)(H,6,8)/t2-/m0/s1. The molecule has 1 saturated heterocycles. The fourth-order valence-electron chi connectivity index (χ4n) is 0.518. The van der Waals surface area contributed by atoms with Gasteiger partial charge in [-0.15, -0.1) is 12.6 Å². The van der Waals surface area contributed by atoms with Crippen molar-refractivity contribution in [2.45, 2.75) is 6.04 Å². The molecule has 0 aromatic heterocycles. The number of nitrogens with one attached hydrogen (secondary N) is 1. The first-order chi connectivity index (χ1) is 4.20. The summed E-state index contributed by atoms with van der Waals surface area (Å²) < 4.78 is 0. The molecule has 1 heterocycles. The molecular weight excluding hydrogens is 158 g/mol. The quantitative estimate of drug-likeness (QED) is 0.545. The first-order valence-electron chi connectivity index (χ1n) is 2.36. The van der Waals surface area contributed by atoms with E-state index in [1.54, 1.807) is 0 Å². The molecule has 5 heteroatoms. The van der Waals surface area contributed by atoms with E-state index in [0.29, 0.717) is 5.75 Å². The summed E-state index contributed by atoms with van der Waals surface area (Å²) in [5, 5.41) is 2.04. The first-order valence-corrected chi connectivity index (χ1v) is 3.79. The summed E-state index contributed by atoms with van der Waals surface area (Å²) >= 11 is 4.68. The van der Waals surface area contributed by atoms with Crippen LogP contribution in [0.5, 0.6) is 0 Å². The highest BCUT2D eigenvalue weighted by molar-refractivity contribution is 8.14. The lowest BCUT2D eigenvalue weighted by atomic mass is 10.4. The van der Waals surface area contributed by atoms with Crippen molar-refractivity contribution in [2.24, 2.45) is 0 Å². The number of rotatable bonds is 1. The third-order valence-electron chi connectivity index (χ3n) is 0.971. The lowest BCUT2D eigenvalue weighted by molar-refractivity contribution is -0.111. The molecule has 9 heavy (non-hydrogen) atoms. The van der Waals surface area contributed by atoms with Crippen molar-refractivity contribution in [3.63, 3.8) is 0 Å². The Morgan fingerprint density at radius 3 is 2.78 bits per heavy atom. The molecule has 0 saturated carbocycles. The van der Waals surface area contributed by atoms with E-state index < -0.39 is 0 Å². The van der Waals surface area contributed by atoms with Gasteiger partial charge in [0.15, 0.2) is 0 Å². The van der Waals surface area contributed by atoms with E-state index in [9.17, 15) is 9.59 Å². The molecule has 3 nitrogen and oxygen atoms in total. The maximum Gasteiger partial charge on any atom is 0.279 e. The van der Waals surface area contributed by atoms with Crippen LogP contribution in [0.2, 0.25) is 0 Å². The zero-order valence-corrected chi connectivity index (χ0v) is 6.17. The molecule has 0 aromatic carbocycles. The van der Waals surface area contributed by atoms with Crippen LogP contribution in [0.3, 0.4) is 0 Å². The van der Waals surface area contributed by atoms with Gasteiger partial charge in [-0.05, 0) is 0 Å². The number of amides is 1. The molecule has 0 aliphatic carbocycles. The Kier molecular flexibility index (Phi) is 2.02. The number of hydrogen-bond donors (Lipinski definition) is 2. The molecule has 0 unspecified atom stereocenters. The van der Waals surface area contributed by atoms with E-state index >= 15 is 0 Å². The van der Waals surface area contributed by atoms with Crippen LogP contribution < -0.4 is 5.32 Å². The first kappa shape index (κ1) is 6.95. The molecule has 1 fully saturated rings. The molecule has 0 bridgehead atoms. The highest BCUT2D eigenvalue weighted by Crippen LogP contribution is 2.13. The van der Waals surface area contributed by atoms with Crippen LogP contribution in [0.15, 0.2) is 0 Å². The van der Waals surface area contributed by atoms with Gasteiger partial charge in [0.05, 0.1) is 0 Å². The van der Waals surface area contributed by atoms with Gasteiger partial charge in [0.2, 0.25) is 5.12 Å². The van der Waals surface area contributed by atoms with Gasteiger partial charge < -0.3 is 5.32 Å². The Balaban J connectivity index is 2.48. The number of carbonyl (C=O) groups is 2. The monoisotopic (exact) mass is 163 g/mol. The number of thiol groups is 1. The number of thioether (sulfide) groups is 1. The average Bonchev–Trinajstić information content (AvgIpc) is 2.14. The van der Waals surface area contributed by atoms with Crippen molar-refractivity contribution in [3.05, 3.63) is 0 Å². The van der Waals surface area contributed by atoms with Gasteiger partial charge in [0, 0.05) is 5.75 Å². The van der Waals surface area contributed by atoms with E-state index in [1.807, 2.05) is 0 Å². The maximum atomic E-state index is 10.4. The summed E-state index contributed by atoms with van der Waals surface area (Å²) in [6.45, 7) is 0. The second-order valence-electron chi connectivity index (χ2n) is 1.63. The van der Waals surface area contributed by atoms with Crippen LogP contribution in [-0.4, -0.2) is 22.1 Å². The SMILES string of the molecule is O=C1N[C@H](C(=O)S)CS1. The predicted octanol–water partition coefficient (Wildman–Crippen LogP) is 0.268. The minimum absolute atomic E-state index is 0.137. The second-order valence-corrected chi connectivity index (χ2v) is 3.07. The van der Waals surface area contributed by atoms with Crippen molar-refractivity contribution >= 4 is 34.7 Å². The fraction of sp³-hybridized carbons (Fsp3) is 0.500. The Labute approximate surface area is 62.0 Å². The van der Waals surface area contributed by atoms with Crippen molar-refractivity contribution < 1.29 is 9.59 Å². The minimum Gasteiger partial charge on any atom is -0.335 e. The Morgan fingerprint density at radius 1 is 1.89 bits per heavy atom. The zero-order chi connectivity index (χ0) is 6.85. The van der Waals surface area contributed by atoms with Crippen LogP contribution in [0.1, 0.15) is 0 Å². The van der Waals surface area contributed by atoms with E-state index in [1.165, 1.54) is 0 Å². The summed E-state index contributed by atoms with van der Waals surface area (Å²) in [7, 11) is 0. The lowest BCUT2D eigenvalue weighted by Crippen LogP contribution is -2.31. The molecule has 1 N–H and O–H groups in total. The molecule has 1 rings (SSSR count). The summed E-state index contributed by atoms with van der Waals surface area (Å²) in [5.41, 5.74) is 0. The average molecular weight is 163 g/mol. The third-order valence-corrected chi connectivity index (χ3v) is 2.16. The normalized spacial score (nSPS) is 25.9. The predicted molar refractivity (Wildman–Crippen MR) is 38.8 cm³/mol. The molecule has 1 amide bonds. The van der Waals surface area contributed by atoms with Crippen LogP contribution in [0.4, 0.5) is 4.79 Å². The van der Waals surface area contributed by atoms with E-state index in [0.717, 1.165) is 11.8 Å². The lowest BCUT2D eigenvalue weighted by Gasteiger charge is -1.99. The van der Waals surface area contributed by atoms with Crippen molar-refractivity contribution in [1.82, 2.24) is 5.32 Å². The van der Waals surface area contributed by atoms with Gasteiger partial charge in [0.1, 0.15) is 6.04 Å². The fourth-order valence-corrected chi connectivity index (χ4v) is 1.58. The van der Waals surface area contributed by atoms with Crippen molar-refractivity contribution in [3.8, 4) is 0 Å². The zero-order valence-electron chi connectivity index (χ0n) is 4.46. The molecule has 0 radical (unpaired) electrons. The topological polar surface area (TPSA) is 46.2 Å². The maximum absolute atomic E-state index is 10.4.